The molecule has 0 spiro atoms. The maximum absolute atomic E-state index is 5.06. The molecule has 0 radical (unpaired) electrons. The van der Waals surface area contributed by atoms with E-state index >= 15 is 0 Å². The van der Waals surface area contributed by atoms with E-state index < -0.39 is 0 Å². The second-order valence-electron chi connectivity index (χ2n) is 7.85. The summed E-state index contributed by atoms with van der Waals surface area (Å²) in [5.74, 6) is 4.87. The van der Waals surface area contributed by atoms with E-state index in [2.05, 4.69) is 38.3 Å². The Morgan fingerprint density at radius 1 is 1.15 bits per heavy atom. The Balaban J connectivity index is 0.00000210. The summed E-state index contributed by atoms with van der Waals surface area (Å²) < 4.78 is 4.43. The van der Waals surface area contributed by atoms with Gasteiger partial charge in [0.25, 0.3) is 0 Å². The number of guanidine groups is 1. The highest BCUT2D eigenvalue weighted by Crippen LogP contribution is 2.49. The monoisotopic (exact) mass is 504 g/mol. The third kappa shape index (κ3) is 5.46. The molecule has 0 bridgehead atoms. The van der Waals surface area contributed by atoms with Crippen molar-refractivity contribution < 1.29 is 0 Å². The van der Waals surface area contributed by atoms with Crippen LogP contribution in [0.1, 0.15) is 45.4 Å². The van der Waals surface area contributed by atoms with Gasteiger partial charge in [0.05, 0.1) is 0 Å². The van der Waals surface area contributed by atoms with E-state index in [4.69, 9.17) is 4.99 Å². The van der Waals surface area contributed by atoms with E-state index in [1.54, 1.807) is 0 Å². The molecule has 4 rings (SSSR count). The van der Waals surface area contributed by atoms with Crippen LogP contribution in [0.4, 0.5) is 5.13 Å². The van der Waals surface area contributed by atoms with Crippen molar-refractivity contribution in [2.45, 2.75) is 46.0 Å². The van der Waals surface area contributed by atoms with E-state index in [9.17, 15) is 0 Å². The minimum absolute atomic E-state index is 0. The fourth-order valence-electron chi connectivity index (χ4n) is 3.98. The molecule has 1 N–H and O–H groups in total. The molecular formula is C19H33IN6S. The first-order chi connectivity index (χ1) is 12.8. The Hall–Kier alpha value is -0.640. The van der Waals surface area contributed by atoms with E-state index in [0.29, 0.717) is 0 Å². The van der Waals surface area contributed by atoms with Crippen molar-refractivity contribution in [2.75, 3.05) is 44.2 Å². The Labute approximate surface area is 184 Å². The average molecular weight is 504 g/mol. The van der Waals surface area contributed by atoms with Crippen molar-refractivity contribution in [3.8, 4) is 0 Å². The number of hydrogen-bond donors (Lipinski definition) is 1. The van der Waals surface area contributed by atoms with Gasteiger partial charge in [-0.1, -0.05) is 6.92 Å². The number of aliphatic imine (C=N–C) groups is 1. The second kappa shape index (κ2) is 9.71. The van der Waals surface area contributed by atoms with Gasteiger partial charge < -0.3 is 15.1 Å². The number of nitrogens with one attached hydrogen (secondary N) is 1. The molecule has 0 unspecified atom stereocenters. The van der Waals surface area contributed by atoms with Gasteiger partial charge in [-0.2, -0.15) is 4.37 Å². The maximum Gasteiger partial charge on any atom is 0.205 e. The van der Waals surface area contributed by atoms with Gasteiger partial charge in [-0.3, -0.25) is 4.99 Å². The summed E-state index contributed by atoms with van der Waals surface area (Å²) in [5.41, 5.74) is 0. The number of halogens is 1. The normalized spacial score (nSPS) is 20.8. The fourth-order valence-corrected chi connectivity index (χ4v) is 4.78. The number of rotatable bonds is 7. The zero-order valence-electron chi connectivity index (χ0n) is 16.6. The lowest BCUT2D eigenvalue weighted by atomic mass is 9.98. The standard InChI is InChI=1S/C19H32N6S.HI/c1-3-17-22-19(26-23-17)25-11-9-24(10-12-25)18(20-4-2)21-13-16(14-5-6-14)15-7-8-15;/h14-16H,3-13H2,1-2H3,(H,20,21);1H. The summed E-state index contributed by atoms with van der Waals surface area (Å²) in [6.45, 7) is 10.2. The second-order valence-corrected chi connectivity index (χ2v) is 8.58. The number of aromatic nitrogens is 2. The molecule has 2 saturated carbocycles. The van der Waals surface area contributed by atoms with E-state index in [-0.39, 0.29) is 24.0 Å². The minimum atomic E-state index is 0. The molecule has 1 saturated heterocycles. The molecular weight excluding hydrogens is 471 g/mol. The van der Waals surface area contributed by atoms with Crippen molar-refractivity contribution in [2.24, 2.45) is 22.7 Å². The summed E-state index contributed by atoms with van der Waals surface area (Å²) in [4.78, 5) is 14.5. The number of piperazine rings is 1. The lowest BCUT2D eigenvalue weighted by Gasteiger charge is -2.36. The molecule has 1 aliphatic heterocycles. The van der Waals surface area contributed by atoms with E-state index in [0.717, 1.165) is 80.4 Å². The number of anilines is 1. The minimum Gasteiger partial charge on any atom is -0.357 e. The quantitative estimate of drug-likeness (QED) is 0.351. The van der Waals surface area contributed by atoms with Gasteiger partial charge in [0.1, 0.15) is 5.82 Å². The number of hydrogen-bond acceptors (Lipinski definition) is 5. The first-order valence-corrected chi connectivity index (χ1v) is 11.2. The number of aryl methyl sites for hydroxylation is 1. The molecule has 0 amide bonds. The van der Waals surface area contributed by atoms with Crippen LogP contribution >= 0.6 is 35.5 Å². The average Bonchev–Trinajstić information content (AvgIpc) is 3.61. The van der Waals surface area contributed by atoms with Crippen molar-refractivity contribution in [3.63, 3.8) is 0 Å². The molecule has 2 heterocycles. The van der Waals surface area contributed by atoms with Gasteiger partial charge in [0.2, 0.25) is 5.13 Å². The maximum atomic E-state index is 5.06. The molecule has 2 aliphatic carbocycles. The first kappa shape index (κ1) is 21.1. The molecule has 3 aliphatic rings. The lowest BCUT2D eigenvalue weighted by Crippen LogP contribution is -2.52. The molecule has 0 atom stereocenters. The Kier molecular flexibility index (Phi) is 7.58. The molecule has 0 aromatic carbocycles. The van der Waals surface area contributed by atoms with Crippen molar-refractivity contribution in [1.82, 2.24) is 19.6 Å². The Morgan fingerprint density at radius 2 is 1.81 bits per heavy atom. The van der Waals surface area contributed by atoms with Gasteiger partial charge in [0.15, 0.2) is 5.96 Å². The highest BCUT2D eigenvalue weighted by Gasteiger charge is 2.41. The Bertz CT molecular complexity index is 607. The van der Waals surface area contributed by atoms with Crippen LogP contribution in [0.2, 0.25) is 0 Å². The SMILES string of the molecule is CCNC(=NCC(C1CC1)C1CC1)N1CCN(c2nc(CC)ns2)CC1.I. The van der Waals surface area contributed by atoms with Gasteiger partial charge in [-0.05, 0) is 50.4 Å². The van der Waals surface area contributed by atoms with Crippen LogP contribution in [-0.2, 0) is 6.42 Å². The summed E-state index contributed by atoms with van der Waals surface area (Å²) in [7, 11) is 0. The smallest absolute Gasteiger partial charge is 0.205 e. The third-order valence-corrected chi connectivity index (χ3v) is 6.68. The van der Waals surface area contributed by atoms with Crippen LogP contribution in [0.3, 0.4) is 0 Å². The van der Waals surface area contributed by atoms with Crippen LogP contribution in [0.25, 0.3) is 0 Å². The highest BCUT2D eigenvalue weighted by atomic mass is 127. The molecule has 152 valence electrons. The molecule has 1 aromatic heterocycles. The molecule has 1 aromatic rings. The van der Waals surface area contributed by atoms with Crippen LogP contribution < -0.4 is 10.2 Å². The summed E-state index contributed by atoms with van der Waals surface area (Å²) in [6, 6.07) is 0. The van der Waals surface area contributed by atoms with Crippen LogP contribution in [0.15, 0.2) is 4.99 Å². The van der Waals surface area contributed by atoms with E-state index in [1.807, 2.05) is 0 Å². The van der Waals surface area contributed by atoms with Crippen LogP contribution in [0, 0.1) is 17.8 Å². The van der Waals surface area contributed by atoms with Crippen molar-refractivity contribution >= 4 is 46.6 Å². The molecule has 8 heteroatoms. The lowest BCUT2D eigenvalue weighted by molar-refractivity contribution is 0.365. The highest BCUT2D eigenvalue weighted by molar-refractivity contribution is 14.0. The topological polar surface area (TPSA) is 56.7 Å². The zero-order valence-corrected chi connectivity index (χ0v) is 19.7. The summed E-state index contributed by atoms with van der Waals surface area (Å²) in [6.07, 6.45) is 6.67. The molecule has 3 fully saturated rings. The van der Waals surface area contributed by atoms with Gasteiger partial charge >= 0.3 is 0 Å². The zero-order chi connectivity index (χ0) is 17.9. The molecule has 27 heavy (non-hydrogen) atoms. The van der Waals surface area contributed by atoms with Crippen LogP contribution in [0.5, 0.6) is 0 Å². The van der Waals surface area contributed by atoms with E-state index in [1.165, 1.54) is 37.2 Å². The number of nitrogens with zero attached hydrogens (tertiary/aromatic N) is 5. The van der Waals surface area contributed by atoms with Gasteiger partial charge in [-0.15, -0.1) is 24.0 Å². The fraction of sp³-hybridized carbons (Fsp3) is 0.842. The summed E-state index contributed by atoms with van der Waals surface area (Å²) >= 11 is 1.54. The third-order valence-electron chi connectivity index (χ3n) is 5.87. The van der Waals surface area contributed by atoms with Crippen LogP contribution in [-0.4, -0.2) is 59.5 Å². The van der Waals surface area contributed by atoms with Gasteiger partial charge in [-0.25, -0.2) is 4.98 Å². The van der Waals surface area contributed by atoms with Crippen molar-refractivity contribution in [3.05, 3.63) is 5.82 Å². The largest absolute Gasteiger partial charge is 0.357 e. The Morgan fingerprint density at radius 3 is 2.33 bits per heavy atom. The van der Waals surface area contributed by atoms with Gasteiger partial charge in [0, 0.05) is 57.2 Å². The summed E-state index contributed by atoms with van der Waals surface area (Å²) in [5, 5.41) is 4.60. The molecule has 6 nitrogen and oxygen atoms in total. The predicted octanol–water partition coefficient (Wildman–Crippen LogP) is 3.24. The predicted molar refractivity (Wildman–Crippen MR) is 123 cm³/mol. The first-order valence-electron chi connectivity index (χ1n) is 10.4. The van der Waals surface area contributed by atoms with Crippen molar-refractivity contribution in [1.29, 1.82) is 0 Å².